The minimum atomic E-state index is 0. The molecule has 0 bridgehead atoms. The van der Waals surface area contributed by atoms with Gasteiger partial charge in [-0.25, -0.2) is 0 Å². The van der Waals surface area contributed by atoms with E-state index in [0.717, 1.165) is 18.4 Å². The Morgan fingerprint density at radius 3 is 2.67 bits per heavy atom. The van der Waals surface area contributed by atoms with Gasteiger partial charge in [0.25, 0.3) is 0 Å². The van der Waals surface area contributed by atoms with Gasteiger partial charge < -0.3 is 11.1 Å². The maximum Gasteiger partial charge on any atom is 0.224 e. The Hall–Kier alpha value is -1.06. The molecule has 2 unspecified atom stereocenters. The molecule has 0 aromatic heterocycles. The molecule has 3 nitrogen and oxygen atoms in total. The van der Waals surface area contributed by atoms with Gasteiger partial charge in [0.1, 0.15) is 0 Å². The fourth-order valence-electron chi connectivity index (χ4n) is 2.55. The molecule has 3 N–H and O–H groups in total. The van der Waals surface area contributed by atoms with Crippen LogP contribution in [0.15, 0.2) is 30.3 Å². The summed E-state index contributed by atoms with van der Waals surface area (Å²) in [6.45, 7) is 0.677. The molecule has 100 valence electrons. The average Bonchev–Trinajstić information content (AvgIpc) is 2.77. The van der Waals surface area contributed by atoms with Crippen LogP contribution in [0.5, 0.6) is 0 Å². The highest BCUT2D eigenvalue weighted by Crippen LogP contribution is 2.24. The zero-order chi connectivity index (χ0) is 12.1. The number of carbonyl (C=O) groups is 1. The first kappa shape index (κ1) is 15.0. The molecule has 1 aliphatic carbocycles. The predicted octanol–water partition coefficient (Wildman–Crippen LogP) is 1.89. The zero-order valence-electron chi connectivity index (χ0n) is 10.5. The first-order valence-electron chi connectivity index (χ1n) is 6.33. The van der Waals surface area contributed by atoms with E-state index in [1.807, 2.05) is 30.3 Å². The molecule has 4 heteroatoms. The number of nitrogens with two attached hydrogens (primary N) is 1. The monoisotopic (exact) mass is 268 g/mol. The van der Waals surface area contributed by atoms with E-state index in [-0.39, 0.29) is 24.4 Å². The highest BCUT2D eigenvalue weighted by molar-refractivity contribution is 5.85. The first-order chi connectivity index (χ1) is 8.29. The SMILES string of the molecule is Cl.NCC1CCCC1NC(=O)Cc1ccccc1. The lowest BCUT2D eigenvalue weighted by Crippen LogP contribution is -2.40. The standard InChI is InChI=1S/C14H20N2O.ClH/c15-10-12-7-4-8-13(12)16-14(17)9-11-5-2-1-3-6-11;/h1-3,5-6,12-13H,4,7-10,15H2,(H,16,17);1H. The average molecular weight is 269 g/mol. The second kappa shape index (κ2) is 7.39. The second-order valence-electron chi connectivity index (χ2n) is 4.76. The molecule has 1 aliphatic rings. The van der Waals surface area contributed by atoms with E-state index in [4.69, 9.17) is 5.73 Å². The molecule has 0 saturated heterocycles. The Balaban J connectivity index is 0.00000162. The summed E-state index contributed by atoms with van der Waals surface area (Å²) in [5.41, 5.74) is 6.76. The smallest absolute Gasteiger partial charge is 0.224 e. The van der Waals surface area contributed by atoms with Crippen LogP contribution in [0.1, 0.15) is 24.8 Å². The molecular weight excluding hydrogens is 248 g/mol. The third-order valence-electron chi connectivity index (χ3n) is 3.52. The van der Waals surface area contributed by atoms with Crippen molar-refractivity contribution < 1.29 is 4.79 Å². The molecule has 1 amide bonds. The highest BCUT2D eigenvalue weighted by atomic mass is 35.5. The van der Waals surface area contributed by atoms with Crippen molar-refractivity contribution in [3.63, 3.8) is 0 Å². The van der Waals surface area contributed by atoms with Crippen molar-refractivity contribution in [3.8, 4) is 0 Å². The van der Waals surface area contributed by atoms with Gasteiger partial charge in [-0.3, -0.25) is 4.79 Å². The first-order valence-corrected chi connectivity index (χ1v) is 6.33. The number of hydrogen-bond donors (Lipinski definition) is 2. The van der Waals surface area contributed by atoms with Crippen molar-refractivity contribution in [3.05, 3.63) is 35.9 Å². The topological polar surface area (TPSA) is 55.1 Å². The van der Waals surface area contributed by atoms with Crippen molar-refractivity contribution in [1.82, 2.24) is 5.32 Å². The Kier molecular flexibility index (Phi) is 6.16. The molecule has 2 atom stereocenters. The summed E-state index contributed by atoms with van der Waals surface area (Å²) in [7, 11) is 0. The maximum atomic E-state index is 11.9. The van der Waals surface area contributed by atoms with Crippen molar-refractivity contribution in [2.45, 2.75) is 31.7 Å². The zero-order valence-corrected chi connectivity index (χ0v) is 11.3. The van der Waals surface area contributed by atoms with Crippen LogP contribution in [0, 0.1) is 5.92 Å². The highest BCUT2D eigenvalue weighted by Gasteiger charge is 2.27. The van der Waals surface area contributed by atoms with Crippen LogP contribution in [0.4, 0.5) is 0 Å². The van der Waals surface area contributed by atoms with Crippen LogP contribution in [-0.4, -0.2) is 18.5 Å². The quantitative estimate of drug-likeness (QED) is 0.876. The van der Waals surface area contributed by atoms with Gasteiger partial charge in [0.2, 0.25) is 5.91 Å². The Morgan fingerprint density at radius 1 is 1.28 bits per heavy atom. The van der Waals surface area contributed by atoms with Crippen molar-refractivity contribution in [2.75, 3.05) is 6.54 Å². The van der Waals surface area contributed by atoms with Gasteiger partial charge in [-0.15, -0.1) is 12.4 Å². The fourth-order valence-corrected chi connectivity index (χ4v) is 2.55. The summed E-state index contributed by atoms with van der Waals surface area (Å²) in [5, 5.41) is 3.11. The molecule has 0 radical (unpaired) electrons. The van der Waals surface area contributed by atoms with E-state index in [9.17, 15) is 4.79 Å². The number of halogens is 1. The Morgan fingerprint density at radius 2 is 2.00 bits per heavy atom. The molecule has 1 fully saturated rings. The number of rotatable bonds is 4. The molecule has 2 rings (SSSR count). The van der Waals surface area contributed by atoms with Gasteiger partial charge in [0.05, 0.1) is 6.42 Å². The van der Waals surface area contributed by atoms with Gasteiger partial charge in [-0.2, -0.15) is 0 Å². The number of benzene rings is 1. The van der Waals surface area contributed by atoms with Crippen LogP contribution >= 0.6 is 12.4 Å². The van der Waals surface area contributed by atoms with Gasteiger partial charge >= 0.3 is 0 Å². The lowest BCUT2D eigenvalue weighted by molar-refractivity contribution is -0.121. The van der Waals surface area contributed by atoms with Crippen molar-refractivity contribution in [2.24, 2.45) is 11.7 Å². The van der Waals surface area contributed by atoms with E-state index in [0.29, 0.717) is 18.9 Å². The number of hydrogen-bond acceptors (Lipinski definition) is 2. The molecular formula is C14H21ClN2O. The molecule has 0 aliphatic heterocycles. The second-order valence-corrected chi connectivity index (χ2v) is 4.76. The normalized spacial score (nSPS) is 22.3. The summed E-state index contributed by atoms with van der Waals surface area (Å²) in [6.07, 6.45) is 3.86. The third-order valence-corrected chi connectivity index (χ3v) is 3.52. The van der Waals surface area contributed by atoms with Crippen LogP contribution in [0.3, 0.4) is 0 Å². The summed E-state index contributed by atoms with van der Waals surface area (Å²) >= 11 is 0. The van der Waals surface area contributed by atoms with Gasteiger partial charge in [-0.05, 0) is 30.9 Å². The Bertz CT molecular complexity index is 369. The number of amides is 1. The number of carbonyl (C=O) groups excluding carboxylic acids is 1. The van der Waals surface area contributed by atoms with Crippen LogP contribution in [0.2, 0.25) is 0 Å². The van der Waals surface area contributed by atoms with E-state index in [2.05, 4.69) is 5.32 Å². The van der Waals surface area contributed by atoms with Gasteiger partial charge in [0, 0.05) is 6.04 Å². The summed E-state index contributed by atoms with van der Waals surface area (Å²) in [5.74, 6) is 0.580. The number of nitrogens with one attached hydrogen (secondary N) is 1. The molecule has 0 spiro atoms. The van der Waals surface area contributed by atoms with Gasteiger partial charge in [0.15, 0.2) is 0 Å². The minimum absolute atomic E-state index is 0. The molecule has 1 saturated carbocycles. The summed E-state index contributed by atoms with van der Waals surface area (Å²) in [4.78, 5) is 11.9. The van der Waals surface area contributed by atoms with E-state index in [1.54, 1.807) is 0 Å². The molecule has 1 aromatic carbocycles. The fraction of sp³-hybridized carbons (Fsp3) is 0.500. The van der Waals surface area contributed by atoms with E-state index < -0.39 is 0 Å². The van der Waals surface area contributed by atoms with Crippen LogP contribution < -0.4 is 11.1 Å². The molecule has 1 aromatic rings. The van der Waals surface area contributed by atoms with E-state index in [1.165, 1.54) is 6.42 Å². The van der Waals surface area contributed by atoms with E-state index >= 15 is 0 Å². The van der Waals surface area contributed by atoms with Gasteiger partial charge in [-0.1, -0.05) is 36.8 Å². The lowest BCUT2D eigenvalue weighted by atomic mass is 10.0. The third kappa shape index (κ3) is 4.00. The molecule has 18 heavy (non-hydrogen) atoms. The summed E-state index contributed by atoms with van der Waals surface area (Å²) in [6, 6.07) is 10.1. The molecule has 0 heterocycles. The minimum Gasteiger partial charge on any atom is -0.353 e. The predicted molar refractivity (Wildman–Crippen MR) is 75.7 cm³/mol. The van der Waals surface area contributed by atoms with Crippen molar-refractivity contribution >= 4 is 18.3 Å². The summed E-state index contributed by atoms with van der Waals surface area (Å²) < 4.78 is 0. The maximum absolute atomic E-state index is 11.9. The van der Waals surface area contributed by atoms with Crippen LogP contribution in [0.25, 0.3) is 0 Å². The lowest BCUT2D eigenvalue weighted by Gasteiger charge is -2.19. The van der Waals surface area contributed by atoms with Crippen molar-refractivity contribution in [1.29, 1.82) is 0 Å². The Labute approximate surface area is 115 Å². The van der Waals surface area contributed by atoms with Crippen LogP contribution in [-0.2, 0) is 11.2 Å². The largest absolute Gasteiger partial charge is 0.353 e.